The number of hydrogen-bond acceptors (Lipinski definition) is 5. The highest BCUT2D eigenvalue weighted by molar-refractivity contribution is 6.31. The first kappa shape index (κ1) is 13.7. The van der Waals surface area contributed by atoms with Crippen molar-refractivity contribution in [1.29, 1.82) is 0 Å². The summed E-state index contributed by atoms with van der Waals surface area (Å²) in [5.74, 6) is 6.37. The third-order valence-corrected chi connectivity index (χ3v) is 3.41. The minimum absolute atomic E-state index is 0.0184. The minimum atomic E-state index is -0.120. The first-order chi connectivity index (χ1) is 10.2. The van der Waals surface area contributed by atoms with E-state index < -0.39 is 0 Å². The summed E-state index contributed by atoms with van der Waals surface area (Å²) < 4.78 is 5.40. The number of amides is 1. The molecule has 0 saturated heterocycles. The van der Waals surface area contributed by atoms with E-state index in [9.17, 15) is 4.79 Å². The first-order valence-electron chi connectivity index (χ1n) is 6.31. The molecule has 21 heavy (non-hydrogen) atoms. The number of hydrogen-bond donors (Lipinski definition) is 2. The van der Waals surface area contributed by atoms with Crippen molar-refractivity contribution in [1.82, 2.24) is 4.98 Å². The molecule has 1 aromatic heterocycles. The summed E-state index contributed by atoms with van der Waals surface area (Å²) in [6.07, 6.45) is 1.67. The average Bonchev–Trinajstić information content (AvgIpc) is 2.51. The minimum Gasteiger partial charge on any atom is -0.482 e. The molecule has 2 heterocycles. The van der Waals surface area contributed by atoms with Crippen molar-refractivity contribution < 1.29 is 9.53 Å². The summed E-state index contributed by atoms with van der Waals surface area (Å²) in [5.41, 5.74) is 4.01. The molecule has 0 bridgehead atoms. The smallest absolute Gasteiger partial charge is 0.265 e. The van der Waals surface area contributed by atoms with Gasteiger partial charge in [-0.15, -0.1) is 0 Å². The number of aromatic nitrogens is 1. The maximum atomic E-state index is 12.1. The van der Waals surface area contributed by atoms with E-state index in [1.807, 2.05) is 6.07 Å². The SMILES string of the molecule is NNc1ccc(CN2C(=O)COc3ccc(Cl)cc32)cn1. The number of halogens is 1. The van der Waals surface area contributed by atoms with Gasteiger partial charge in [0.1, 0.15) is 11.6 Å². The van der Waals surface area contributed by atoms with Crippen LogP contribution in [-0.2, 0) is 11.3 Å². The number of pyridine rings is 1. The van der Waals surface area contributed by atoms with Crippen molar-refractivity contribution in [3.63, 3.8) is 0 Å². The summed E-state index contributed by atoms with van der Waals surface area (Å²) in [5, 5.41) is 0.554. The fourth-order valence-corrected chi connectivity index (χ4v) is 2.30. The van der Waals surface area contributed by atoms with Crippen molar-refractivity contribution in [3.8, 4) is 5.75 Å². The Hall–Kier alpha value is -2.31. The van der Waals surface area contributed by atoms with Crippen LogP contribution in [0.15, 0.2) is 36.5 Å². The van der Waals surface area contributed by atoms with E-state index in [4.69, 9.17) is 22.2 Å². The van der Waals surface area contributed by atoms with Crippen LogP contribution in [0.5, 0.6) is 5.75 Å². The molecule has 2 aromatic rings. The Morgan fingerprint density at radius 1 is 1.38 bits per heavy atom. The monoisotopic (exact) mass is 304 g/mol. The van der Waals surface area contributed by atoms with Crippen molar-refractivity contribution in [2.45, 2.75) is 6.54 Å². The molecule has 0 spiro atoms. The Labute approximate surface area is 126 Å². The van der Waals surface area contributed by atoms with Crippen LogP contribution in [0.3, 0.4) is 0 Å². The third-order valence-electron chi connectivity index (χ3n) is 3.18. The molecule has 0 fully saturated rings. The number of hydrazine groups is 1. The summed E-state index contributed by atoms with van der Waals surface area (Å²) in [7, 11) is 0. The molecule has 7 heteroatoms. The normalized spacial score (nSPS) is 13.6. The number of carbonyl (C=O) groups excluding carboxylic acids is 1. The zero-order valence-electron chi connectivity index (χ0n) is 11.0. The fraction of sp³-hybridized carbons (Fsp3) is 0.143. The van der Waals surface area contributed by atoms with Crippen LogP contribution in [-0.4, -0.2) is 17.5 Å². The van der Waals surface area contributed by atoms with Crippen molar-refractivity contribution in [2.24, 2.45) is 5.84 Å². The first-order valence-corrected chi connectivity index (χ1v) is 6.69. The lowest BCUT2D eigenvalue weighted by Crippen LogP contribution is -2.38. The molecule has 0 atom stereocenters. The van der Waals surface area contributed by atoms with Gasteiger partial charge in [-0.05, 0) is 29.8 Å². The lowest BCUT2D eigenvalue weighted by atomic mass is 10.2. The van der Waals surface area contributed by atoms with E-state index in [1.54, 1.807) is 35.4 Å². The Morgan fingerprint density at radius 3 is 2.95 bits per heavy atom. The molecule has 108 valence electrons. The Morgan fingerprint density at radius 2 is 2.24 bits per heavy atom. The summed E-state index contributed by atoms with van der Waals surface area (Å²) in [4.78, 5) is 17.9. The predicted octanol–water partition coefficient (Wildman–Crippen LogP) is 1.95. The quantitative estimate of drug-likeness (QED) is 0.669. The van der Waals surface area contributed by atoms with Gasteiger partial charge in [-0.25, -0.2) is 10.8 Å². The van der Waals surface area contributed by atoms with Crippen LogP contribution in [0.2, 0.25) is 5.02 Å². The number of ether oxygens (including phenoxy) is 1. The lowest BCUT2D eigenvalue weighted by Gasteiger charge is -2.29. The maximum Gasteiger partial charge on any atom is 0.265 e. The number of benzene rings is 1. The lowest BCUT2D eigenvalue weighted by molar-refractivity contribution is -0.121. The molecule has 6 nitrogen and oxygen atoms in total. The number of fused-ring (bicyclic) bond motifs is 1. The summed E-state index contributed by atoms with van der Waals surface area (Å²) in [6.45, 7) is 0.415. The van der Waals surface area contributed by atoms with E-state index in [1.165, 1.54) is 0 Å². The van der Waals surface area contributed by atoms with E-state index in [0.29, 0.717) is 28.8 Å². The number of nitrogens with zero attached hydrogens (tertiary/aromatic N) is 2. The zero-order chi connectivity index (χ0) is 14.8. The standard InChI is InChI=1S/C14H13ClN4O2/c15-10-2-3-12-11(5-10)19(14(20)8-21-12)7-9-1-4-13(18-16)17-6-9/h1-6H,7-8,16H2,(H,17,18). The van der Waals surface area contributed by atoms with Gasteiger partial charge >= 0.3 is 0 Å². The molecule has 1 amide bonds. The Balaban J connectivity index is 1.90. The van der Waals surface area contributed by atoms with Crippen molar-refractivity contribution >= 4 is 29.0 Å². The maximum absolute atomic E-state index is 12.1. The second kappa shape index (κ2) is 5.59. The van der Waals surface area contributed by atoms with E-state index in [2.05, 4.69) is 10.4 Å². The van der Waals surface area contributed by atoms with Gasteiger partial charge in [0.2, 0.25) is 0 Å². The topological polar surface area (TPSA) is 80.5 Å². The van der Waals surface area contributed by atoms with Crippen LogP contribution >= 0.6 is 11.6 Å². The van der Waals surface area contributed by atoms with Crippen LogP contribution in [0, 0.1) is 0 Å². The number of rotatable bonds is 3. The molecule has 1 aromatic carbocycles. The molecule has 3 N–H and O–H groups in total. The molecular weight excluding hydrogens is 292 g/mol. The second-order valence-electron chi connectivity index (χ2n) is 4.58. The number of nitrogen functional groups attached to an aromatic ring is 1. The van der Waals surface area contributed by atoms with Gasteiger partial charge in [-0.2, -0.15) is 0 Å². The summed E-state index contributed by atoms with van der Waals surface area (Å²) >= 11 is 6.00. The highest BCUT2D eigenvalue weighted by atomic mass is 35.5. The molecule has 0 saturated carbocycles. The third kappa shape index (κ3) is 2.76. The number of nitrogens with two attached hydrogens (primary N) is 1. The van der Waals surface area contributed by atoms with Crippen LogP contribution in [0.4, 0.5) is 11.5 Å². The Bertz CT molecular complexity index is 675. The van der Waals surface area contributed by atoms with Gasteiger partial charge in [-0.3, -0.25) is 4.79 Å². The fourth-order valence-electron chi connectivity index (χ4n) is 2.13. The number of carbonyl (C=O) groups is 1. The van der Waals surface area contributed by atoms with E-state index in [-0.39, 0.29) is 12.5 Å². The molecule has 1 aliphatic heterocycles. The molecule has 3 rings (SSSR count). The van der Waals surface area contributed by atoms with Crippen LogP contribution in [0.1, 0.15) is 5.56 Å². The van der Waals surface area contributed by atoms with E-state index in [0.717, 1.165) is 5.56 Å². The van der Waals surface area contributed by atoms with E-state index >= 15 is 0 Å². The van der Waals surface area contributed by atoms with Gasteiger partial charge in [0.25, 0.3) is 5.91 Å². The molecule has 1 aliphatic rings. The largest absolute Gasteiger partial charge is 0.482 e. The van der Waals surface area contributed by atoms with Gasteiger partial charge in [0.05, 0.1) is 12.2 Å². The predicted molar refractivity (Wildman–Crippen MR) is 80.2 cm³/mol. The zero-order valence-corrected chi connectivity index (χ0v) is 11.8. The van der Waals surface area contributed by atoms with Crippen molar-refractivity contribution in [2.75, 3.05) is 16.9 Å². The van der Waals surface area contributed by atoms with Gasteiger partial charge in [0, 0.05) is 11.2 Å². The van der Waals surface area contributed by atoms with Crippen LogP contribution in [0.25, 0.3) is 0 Å². The summed E-state index contributed by atoms with van der Waals surface area (Å²) in [6, 6.07) is 8.82. The molecule has 0 unspecified atom stereocenters. The highest BCUT2D eigenvalue weighted by Crippen LogP contribution is 2.35. The second-order valence-corrected chi connectivity index (χ2v) is 5.01. The van der Waals surface area contributed by atoms with Crippen molar-refractivity contribution in [3.05, 3.63) is 47.1 Å². The van der Waals surface area contributed by atoms with Gasteiger partial charge in [0.15, 0.2) is 6.61 Å². The average molecular weight is 305 g/mol. The number of anilines is 2. The molecule has 0 radical (unpaired) electrons. The molecule has 0 aliphatic carbocycles. The molecular formula is C14H13ClN4O2. The number of nitrogens with one attached hydrogen (secondary N) is 1. The Kier molecular flexibility index (Phi) is 3.64. The van der Waals surface area contributed by atoms with Crippen LogP contribution < -0.4 is 20.9 Å². The highest BCUT2D eigenvalue weighted by Gasteiger charge is 2.25. The van der Waals surface area contributed by atoms with Gasteiger partial charge in [-0.1, -0.05) is 17.7 Å². The van der Waals surface area contributed by atoms with Gasteiger partial charge < -0.3 is 15.1 Å².